The lowest BCUT2D eigenvalue weighted by atomic mass is 10.1. The van der Waals surface area contributed by atoms with Crippen molar-refractivity contribution in [2.24, 2.45) is 7.05 Å². The number of aromatic nitrogens is 4. The fourth-order valence-electron chi connectivity index (χ4n) is 2.59. The minimum absolute atomic E-state index is 0.0990. The van der Waals surface area contributed by atoms with Crippen LogP contribution in [-0.4, -0.2) is 36.8 Å². The van der Waals surface area contributed by atoms with E-state index in [9.17, 15) is 9.59 Å². The molecule has 0 aliphatic rings. The molecule has 1 aromatic carbocycles. The third-order valence-corrected chi connectivity index (χ3v) is 6.05. The maximum Gasteiger partial charge on any atom is 0.239 e. The molecule has 29 heavy (non-hydrogen) atoms. The van der Waals surface area contributed by atoms with Gasteiger partial charge in [0.15, 0.2) is 10.3 Å². The van der Waals surface area contributed by atoms with E-state index in [0.717, 1.165) is 17.7 Å². The first kappa shape index (κ1) is 21.0. The highest BCUT2D eigenvalue weighted by Crippen LogP contribution is 2.23. The third-order valence-electron chi connectivity index (χ3n) is 4.23. The van der Waals surface area contributed by atoms with Crippen LogP contribution in [0, 0.1) is 0 Å². The number of carbonyl (C=O) groups excluding carboxylic acids is 2. The predicted octanol–water partition coefficient (Wildman–Crippen LogP) is 3.13. The molecule has 0 spiro atoms. The van der Waals surface area contributed by atoms with Gasteiger partial charge in [0.05, 0.1) is 11.7 Å². The van der Waals surface area contributed by atoms with Crippen LogP contribution >= 0.6 is 23.1 Å². The Morgan fingerprint density at radius 2 is 2.03 bits per heavy atom. The Balaban J connectivity index is 1.60. The Morgan fingerprint density at radius 1 is 1.24 bits per heavy atom. The van der Waals surface area contributed by atoms with Gasteiger partial charge in [-0.25, -0.2) is 4.98 Å². The lowest BCUT2D eigenvalue weighted by molar-refractivity contribution is -0.116. The van der Waals surface area contributed by atoms with E-state index < -0.39 is 0 Å². The van der Waals surface area contributed by atoms with Crippen molar-refractivity contribution in [2.75, 3.05) is 10.6 Å². The summed E-state index contributed by atoms with van der Waals surface area (Å²) >= 11 is 2.64. The quantitative estimate of drug-likeness (QED) is 0.533. The fraction of sp³-hybridized carbons (Fsp3) is 0.316. The molecule has 0 aliphatic heterocycles. The molecule has 10 heteroatoms. The Bertz CT molecular complexity index is 987. The van der Waals surface area contributed by atoms with Crippen LogP contribution in [0.15, 0.2) is 41.0 Å². The van der Waals surface area contributed by atoms with E-state index in [4.69, 9.17) is 0 Å². The molecule has 0 unspecified atom stereocenters. The summed E-state index contributed by atoms with van der Waals surface area (Å²) in [6.45, 7) is 3.83. The van der Waals surface area contributed by atoms with Gasteiger partial charge >= 0.3 is 0 Å². The van der Waals surface area contributed by atoms with E-state index in [-0.39, 0.29) is 23.5 Å². The number of aryl methyl sites for hydroxylation is 1. The van der Waals surface area contributed by atoms with Crippen LogP contribution in [0.3, 0.4) is 0 Å². The van der Waals surface area contributed by atoms with E-state index in [2.05, 4.69) is 25.8 Å². The number of hydrogen-bond acceptors (Lipinski definition) is 7. The van der Waals surface area contributed by atoms with E-state index in [1.54, 1.807) is 30.1 Å². The normalized spacial score (nSPS) is 11.8. The Hall–Kier alpha value is -2.72. The van der Waals surface area contributed by atoms with Crippen molar-refractivity contribution in [3.05, 3.63) is 47.2 Å². The van der Waals surface area contributed by atoms with Gasteiger partial charge in [0.25, 0.3) is 0 Å². The topological polar surface area (TPSA) is 102 Å². The second-order valence-corrected chi connectivity index (χ2v) is 8.48. The van der Waals surface area contributed by atoms with E-state index >= 15 is 0 Å². The second-order valence-electron chi connectivity index (χ2n) is 6.28. The molecule has 0 fully saturated rings. The molecule has 2 amide bonds. The van der Waals surface area contributed by atoms with Crippen LogP contribution in [0.4, 0.5) is 10.8 Å². The maximum absolute atomic E-state index is 12.5. The van der Waals surface area contributed by atoms with Crippen LogP contribution in [0.5, 0.6) is 0 Å². The number of para-hydroxylation sites is 1. The summed E-state index contributed by atoms with van der Waals surface area (Å²) in [5.41, 5.74) is 1.89. The van der Waals surface area contributed by atoms with Gasteiger partial charge in [-0.3, -0.25) is 9.59 Å². The number of nitrogens with one attached hydrogen (secondary N) is 2. The number of carbonyl (C=O) groups is 2. The van der Waals surface area contributed by atoms with E-state index in [0.29, 0.717) is 16.1 Å². The number of nitrogens with zero attached hydrogens (tertiary/aromatic N) is 4. The summed E-state index contributed by atoms with van der Waals surface area (Å²) in [4.78, 5) is 28.8. The molecule has 152 valence electrons. The Labute approximate surface area is 177 Å². The minimum Gasteiger partial charge on any atom is -0.325 e. The Morgan fingerprint density at radius 3 is 2.76 bits per heavy atom. The van der Waals surface area contributed by atoms with Crippen molar-refractivity contribution < 1.29 is 9.59 Å². The maximum atomic E-state index is 12.5. The summed E-state index contributed by atoms with van der Waals surface area (Å²) < 4.78 is 1.74. The average Bonchev–Trinajstić information content (AvgIpc) is 3.33. The van der Waals surface area contributed by atoms with Crippen molar-refractivity contribution in [2.45, 2.75) is 37.1 Å². The molecule has 2 heterocycles. The molecule has 0 aliphatic carbocycles. The molecule has 1 atom stereocenters. The van der Waals surface area contributed by atoms with Crippen LogP contribution in [0.2, 0.25) is 0 Å². The summed E-state index contributed by atoms with van der Waals surface area (Å²) in [6.07, 6.45) is 2.57. The van der Waals surface area contributed by atoms with Crippen LogP contribution in [0.1, 0.15) is 25.2 Å². The molecule has 2 aromatic heterocycles. The fourth-order valence-corrected chi connectivity index (χ4v) is 3.96. The zero-order chi connectivity index (χ0) is 20.8. The molecular weight excluding hydrogens is 408 g/mol. The predicted molar refractivity (Wildman–Crippen MR) is 115 cm³/mol. The monoisotopic (exact) mass is 430 g/mol. The standard InChI is InChI=1S/C19H22N6O2S2/c1-4-13-7-5-6-8-14(13)21-16(26)11-15-23-24-19(25(15)3)29-12(2)17(27)22-18-20-9-10-28-18/h5-10,12H,4,11H2,1-3H3,(H,21,26)(H,20,22,27)/t12-/m0/s1. The first-order valence-corrected chi connectivity index (χ1v) is 10.9. The largest absolute Gasteiger partial charge is 0.325 e. The van der Waals surface area contributed by atoms with Gasteiger partial charge in [-0.2, -0.15) is 0 Å². The van der Waals surface area contributed by atoms with E-state index in [1.807, 2.05) is 31.2 Å². The molecule has 0 saturated carbocycles. The number of rotatable bonds is 8. The number of hydrogen-bond donors (Lipinski definition) is 2. The van der Waals surface area contributed by atoms with Gasteiger partial charge in [-0.05, 0) is 25.0 Å². The smallest absolute Gasteiger partial charge is 0.239 e. The number of amides is 2. The van der Waals surface area contributed by atoms with Gasteiger partial charge < -0.3 is 15.2 Å². The van der Waals surface area contributed by atoms with Crippen LogP contribution in [-0.2, 0) is 29.5 Å². The van der Waals surface area contributed by atoms with Gasteiger partial charge in [0.1, 0.15) is 5.82 Å². The first-order valence-electron chi connectivity index (χ1n) is 9.11. The van der Waals surface area contributed by atoms with Crippen molar-refractivity contribution in [1.29, 1.82) is 0 Å². The Kier molecular flexibility index (Phi) is 6.99. The summed E-state index contributed by atoms with van der Waals surface area (Å²) in [6, 6.07) is 7.72. The van der Waals surface area contributed by atoms with Crippen LogP contribution in [0.25, 0.3) is 0 Å². The summed E-state index contributed by atoms with van der Waals surface area (Å²) in [5.74, 6) is 0.211. The van der Waals surface area contributed by atoms with Crippen molar-refractivity contribution in [1.82, 2.24) is 19.7 Å². The molecule has 8 nitrogen and oxygen atoms in total. The zero-order valence-electron chi connectivity index (χ0n) is 16.4. The molecular formula is C19H22N6O2S2. The van der Waals surface area contributed by atoms with Crippen molar-refractivity contribution >= 4 is 45.7 Å². The zero-order valence-corrected chi connectivity index (χ0v) is 18.0. The van der Waals surface area contributed by atoms with Gasteiger partial charge in [-0.1, -0.05) is 36.9 Å². The molecule has 0 bridgehead atoms. The highest BCUT2D eigenvalue weighted by atomic mass is 32.2. The van der Waals surface area contributed by atoms with Crippen molar-refractivity contribution in [3.8, 4) is 0 Å². The third kappa shape index (κ3) is 5.42. The number of benzene rings is 1. The second kappa shape index (κ2) is 9.66. The lowest BCUT2D eigenvalue weighted by Crippen LogP contribution is -2.23. The summed E-state index contributed by atoms with van der Waals surface area (Å²) in [5, 5.41) is 16.5. The molecule has 3 aromatic rings. The highest BCUT2D eigenvalue weighted by Gasteiger charge is 2.20. The summed E-state index contributed by atoms with van der Waals surface area (Å²) in [7, 11) is 1.79. The van der Waals surface area contributed by atoms with Gasteiger partial charge in [0, 0.05) is 24.3 Å². The SMILES string of the molecule is CCc1ccccc1NC(=O)Cc1nnc(S[C@@H](C)C(=O)Nc2nccs2)n1C. The van der Waals surface area contributed by atoms with E-state index in [1.165, 1.54) is 23.1 Å². The van der Waals surface area contributed by atoms with Crippen molar-refractivity contribution in [3.63, 3.8) is 0 Å². The van der Waals surface area contributed by atoms with Crippen LogP contribution < -0.4 is 10.6 Å². The first-order chi connectivity index (χ1) is 14.0. The molecule has 0 radical (unpaired) electrons. The minimum atomic E-state index is -0.389. The molecule has 0 saturated heterocycles. The number of thioether (sulfide) groups is 1. The highest BCUT2D eigenvalue weighted by molar-refractivity contribution is 8.00. The number of anilines is 2. The van der Waals surface area contributed by atoms with Gasteiger partial charge in [-0.15, -0.1) is 21.5 Å². The number of thiazole rings is 1. The van der Waals surface area contributed by atoms with Gasteiger partial charge in [0.2, 0.25) is 11.8 Å². The lowest BCUT2D eigenvalue weighted by Gasteiger charge is -2.11. The molecule has 2 N–H and O–H groups in total. The molecule has 3 rings (SSSR count). The average molecular weight is 431 g/mol.